The number of hydrogen-bond donors (Lipinski definition) is 0. The van der Waals surface area contributed by atoms with E-state index in [1.165, 1.54) is 86.3 Å². The molecule has 132 valence electrons. The number of nitrogens with zero attached hydrogens (tertiary/aromatic N) is 2. The highest BCUT2D eigenvalue weighted by molar-refractivity contribution is 4.74. The van der Waals surface area contributed by atoms with Gasteiger partial charge >= 0.3 is 0 Å². The van der Waals surface area contributed by atoms with E-state index in [-0.39, 0.29) is 0 Å². The van der Waals surface area contributed by atoms with Gasteiger partial charge in [0.15, 0.2) is 0 Å². The van der Waals surface area contributed by atoms with Crippen molar-refractivity contribution in [1.82, 2.24) is 0 Å². The third-order valence-electron chi connectivity index (χ3n) is 6.32. The van der Waals surface area contributed by atoms with E-state index in [9.17, 15) is 0 Å². The maximum atomic E-state index is 2.47. The molecule has 1 saturated carbocycles. The molecule has 1 rings (SSSR count). The van der Waals surface area contributed by atoms with E-state index in [0.29, 0.717) is 0 Å². The minimum atomic E-state index is 0.906. The van der Waals surface area contributed by atoms with Crippen molar-refractivity contribution in [2.24, 2.45) is 0 Å². The first kappa shape index (κ1) is 20.0. The minimum absolute atomic E-state index is 0.906. The van der Waals surface area contributed by atoms with Crippen LogP contribution in [0.2, 0.25) is 0 Å². The van der Waals surface area contributed by atoms with Crippen LogP contribution in [0.5, 0.6) is 0 Å². The van der Waals surface area contributed by atoms with E-state index in [2.05, 4.69) is 42.0 Å². The second kappa shape index (κ2) is 9.27. The first-order valence-corrected chi connectivity index (χ1v) is 9.98. The van der Waals surface area contributed by atoms with Crippen LogP contribution in [-0.2, 0) is 0 Å². The van der Waals surface area contributed by atoms with Gasteiger partial charge in [0.2, 0.25) is 0 Å². The van der Waals surface area contributed by atoms with E-state index in [4.69, 9.17) is 0 Å². The lowest BCUT2D eigenvalue weighted by atomic mass is 9.87. The smallest absolute Gasteiger partial charge is 0.0890 e. The maximum absolute atomic E-state index is 2.47. The predicted octanol–water partition coefficient (Wildman–Crippen LogP) is 4.83. The standard InChI is InChI=1S/C20H44N2/c1-7-9-11-17-21(3,4)19-13-15-20(16-14-19)22(5,6)18-12-10-8-2/h19-20H,7-18H2,1-6H3/q+2. The Bertz CT molecular complexity index is 258. The Labute approximate surface area is 141 Å². The Morgan fingerprint density at radius 3 is 1.18 bits per heavy atom. The van der Waals surface area contributed by atoms with Gasteiger partial charge in [-0.25, -0.2) is 0 Å². The molecule has 1 fully saturated rings. The molecular formula is C20H44N2+2. The lowest BCUT2D eigenvalue weighted by molar-refractivity contribution is -0.931. The van der Waals surface area contributed by atoms with Gasteiger partial charge in [-0.05, 0) is 25.7 Å². The van der Waals surface area contributed by atoms with Crippen molar-refractivity contribution in [1.29, 1.82) is 0 Å². The Morgan fingerprint density at radius 2 is 0.909 bits per heavy atom. The molecule has 1 aliphatic rings. The minimum Gasteiger partial charge on any atom is -0.326 e. The van der Waals surface area contributed by atoms with Crippen LogP contribution in [0.3, 0.4) is 0 Å². The van der Waals surface area contributed by atoms with Crippen LogP contribution >= 0.6 is 0 Å². The monoisotopic (exact) mass is 312 g/mol. The fourth-order valence-corrected chi connectivity index (χ4v) is 4.36. The molecule has 2 nitrogen and oxygen atoms in total. The Kier molecular flexibility index (Phi) is 8.42. The van der Waals surface area contributed by atoms with Crippen molar-refractivity contribution in [3.63, 3.8) is 0 Å². The van der Waals surface area contributed by atoms with E-state index in [1.54, 1.807) is 0 Å². The van der Waals surface area contributed by atoms with Gasteiger partial charge < -0.3 is 8.97 Å². The zero-order valence-electron chi connectivity index (χ0n) is 16.5. The summed E-state index contributed by atoms with van der Waals surface area (Å²) in [4.78, 5) is 0. The van der Waals surface area contributed by atoms with Crippen LogP contribution in [0.1, 0.15) is 78.1 Å². The SMILES string of the molecule is CCCCC[N+](C)(C)C1CCC([N+](C)(C)CCCCC)CC1. The summed E-state index contributed by atoms with van der Waals surface area (Å²) in [6, 6.07) is 1.81. The summed E-state index contributed by atoms with van der Waals surface area (Å²) in [5.41, 5.74) is 0. The lowest BCUT2D eigenvalue weighted by Crippen LogP contribution is -2.56. The number of unbranched alkanes of at least 4 members (excludes halogenated alkanes) is 4. The maximum Gasteiger partial charge on any atom is 0.0890 e. The first-order chi connectivity index (χ1) is 10.3. The molecule has 0 aromatic rings. The molecule has 1 aliphatic carbocycles. The number of quaternary nitrogens is 2. The van der Waals surface area contributed by atoms with Crippen molar-refractivity contribution < 1.29 is 8.97 Å². The Hall–Kier alpha value is -0.0800. The van der Waals surface area contributed by atoms with Gasteiger partial charge in [0.1, 0.15) is 0 Å². The van der Waals surface area contributed by atoms with E-state index >= 15 is 0 Å². The summed E-state index contributed by atoms with van der Waals surface area (Å²) in [6.07, 6.45) is 14.1. The summed E-state index contributed by atoms with van der Waals surface area (Å²) in [5, 5.41) is 0. The molecule has 0 spiro atoms. The van der Waals surface area contributed by atoms with Crippen LogP contribution in [0.25, 0.3) is 0 Å². The number of hydrogen-bond acceptors (Lipinski definition) is 0. The first-order valence-electron chi connectivity index (χ1n) is 9.98. The van der Waals surface area contributed by atoms with Gasteiger partial charge in [0, 0.05) is 25.7 Å². The molecule has 0 saturated heterocycles. The summed E-state index contributed by atoms with van der Waals surface area (Å²) in [5.74, 6) is 0. The van der Waals surface area contributed by atoms with E-state index in [1.807, 2.05) is 0 Å². The van der Waals surface area contributed by atoms with Crippen molar-refractivity contribution in [2.75, 3.05) is 41.3 Å². The van der Waals surface area contributed by atoms with Gasteiger partial charge in [-0.2, -0.15) is 0 Å². The molecule has 0 unspecified atom stereocenters. The lowest BCUT2D eigenvalue weighted by Gasteiger charge is -2.46. The van der Waals surface area contributed by atoms with Crippen molar-refractivity contribution >= 4 is 0 Å². The zero-order valence-corrected chi connectivity index (χ0v) is 16.5. The fraction of sp³-hybridized carbons (Fsp3) is 1.00. The van der Waals surface area contributed by atoms with Crippen molar-refractivity contribution in [3.05, 3.63) is 0 Å². The third-order valence-corrected chi connectivity index (χ3v) is 6.32. The highest BCUT2D eigenvalue weighted by Gasteiger charge is 2.38. The van der Waals surface area contributed by atoms with Gasteiger partial charge in [-0.3, -0.25) is 0 Å². The fourth-order valence-electron chi connectivity index (χ4n) is 4.36. The molecule has 0 amide bonds. The molecule has 0 bridgehead atoms. The highest BCUT2D eigenvalue weighted by atomic mass is 15.4. The van der Waals surface area contributed by atoms with Gasteiger partial charge in [-0.15, -0.1) is 0 Å². The highest BCUT2D eigenvalue weighted by Crippen LogP contribution is 2.31. The van der Waals surface area contributed by atoms with E-state index < -0.39 is 0 Å². The average Bonchev–Trinajstić information content (AvgIpc) is 2.48. The molecule has 0 aromatic heterocycles. The van der Waals surface area contributed by atoms with Gasteiger partial charge in [0.25, 0.3) is 0 Å². The molecule has 0 atom stereocenters. The molecule has 0 aromatic carbocycles. The molecule has 2 heteroatoms. The largest absolute Gasteiger partial charge is 0.326 e. The normalized spacial score (nSPS) is 23.7. The Morgan fingerprint density at radius 1 is 0.591 bits per heavy atom. The molecular weight excluding hydrogens is 268 g/mol. The number of rotatable bonds is 10. The van der Waals surface area contributed by atoms with E-state index in [0.717, 1.165) is 12.1 Å². The average molecular weight is 313 g/mol. The molecule has 0 N–H and O–H groups in total. The van der Waals surface area contributed by atoms with Gasteiger partial charge in [-0.1, -0.05) is 26.7 Å². The van der Waals surface area contributed by atoms with Crippen molar-refractivity contribution in [2.45, 2.75) is 90.1 Å². The molecule has 0 aliphatic heterocycles. The van der Waals surface area contributed by atoms with Gasteiger partial charge in [0.05, 0.1) is 53.4 Å². The van der Waals surface area contributed by atoms with Crippen LogP contribution in [-0.4, -0.2) is 62.3 Å². The summed E-state index contributed by atoms with van der Waals surface area (Å²) in [6.45, 7) is 7.36. The van der Waals surface area contributed by atoms with Crippen LogP contribution in [0.4, 0.5) is 0 Å². The third kappa shape index (κ3) is 6.20. The molecule has 22 heavy (non-hydrogen) atoms. The van der Waals surface area contributed by atoms with Crippen LogP contribution < -0.4 is 0 Å². The Balaban J connectivity index is 2.41. The van der Waals surface area contributed by atoms with Crippen molar-refractivity contribution in [3.8, 4) is 0 Å². The molecule has 0 radical (unpaired) electrons. The van der Waals surface area contributed by atoms with Crippen LogP contribution in [0, 0.1) is 0 Å². The summed E-state index contributed by atoms with van der Waals surface area (Å²) in [7, 11) is 9.90. The predicted molar refractivity (Wildman–Crippen MR) is 99.0 cm³/mol. The second-order valence-electron chi connectivity index (χ2n) is 8.88. The summed E-state index contributed by atoms with van der Waals surface area (Å²) < 4.78 is 2.52. The molecule has 0 heterocycles. The zero-order chi connectivity index (χ0) is 16.6. The quantitative estimate of drug-likeness (QED) is 0.400. The summed E-state index contributed by atoms with van der Waals surface area (Å²) >= 11 is 0. The van der Waals surface area contributed by atoms with Crippen LogP contribution in [0.15, 0.2) is 0 Å². The topological polar surface area (TPSA) is 0 Å². The second-order valence-corrected chi connectivity index (χ2v) is 8.88.